The minimum Gasteiger partial charge on any atom is -0.462 e. The zero-order valence-electron chi connectivity index (χ0n) is 15.7. The van der Waals surface area contributed by atoms with Gasteiger partial charge in [0.1, 0.15) is 0 Å². The van der Waals surface area contributed by atoms with Crippen LogP contribution in [0.4, 0.5) is 5.69 Å². The smallest absolute Gasteiger partial charge is 0.340 e. The Labute approximate surface area is 173 Å². The van der Waals surface area contributed by atoms with Crippen LogP contribution >= 0.6 is 15.9 Å². The van der Waals surface area contributed by atoms with Gasteiger partial charge in [0, 0.05) is 10.9 Å². The van der Waals surface area contributed by atoms with Gasteiger partial charge in [-0.05, 0) is 43.7 Å². The lowest BCUT2D eigenvalue weighted by Gasteiger charge is -2.11. The van der Waals surface area contributed by atoms with E-state index in [0.717, 1.165) is 5.56 Å². The third-order valence-electron chi connectivity index (χ3n) is 3.89. The normalized spacial score (nSPS) is 11.1. The van der Waals surface area contributed by atoms with E-state index in [4.69, 9.17) is 4.74 Å². The number of amides is 1. The summed E-state index contributed by atoms with van der Waals surface area (Å²) in [6.07, 6.45) is 0.452. The first-order chi connectivity index (χ1) is 13.2. The number of ether oxygens (including phenoxy) is 1. The Bertz CT molecular complexity index is 955. The minimum absolute atomic E-state index is 0.179. The second-order valence-electron chi connectivity index (χ2n) is 6.26. The second kappa shape index (κ2) is 9.84. The molecular formula is C20H22BrNO5S. The Hall–Kier alpha value is -2.19. The van der Waals surface area contributed by atoms with Gasteiger partial charge in [-0.2, -0.15) is 0 Å². The number of carbonyl (C=O) groups is 2. The van der Waals surface area contributed by atoms with E-state index >= 15 is 0 Å². The molecule has 2 aromatic rings. The van der Waals surface area contributed by atoms with Crippen LogP contribution in [-0.4, -0.2) is 32.7 Å². The molecule has 0 heterocycles. The highest BCUT2D eigenvalue weighted by molar-refractivity contribution is 9.10. The molecule has 6 nitrogen and oxygen atoms in total. The van der Waals surface area contributed by atoms with Crippen molar-refractivity contribution < 1.29 is 22.7 Å². The van der Waals surface area contributed by atoms with Crippen LogP contribution in [0.1, 0.15) is 35.7 Å². The topological polar surface area (TPSA) is 89.5 Å². The number of carbonyl (C=O) groups excluding carboxylic acids is 2. The standard InChI is InChI=1S/C20H22BrNO5S/c1-3-11-27-20(24)17-13-15(21)6-9-18(17)22-19(23)10-12-28(25,26)16-7-4-14(2)5-8-16/h4-9,13H,3,10-12H2,1-2H3,(H,22,23). The SMILES string of the molecule is CCCOC(=O)c1cc(Br)ccc1NC(=O)CCS(=O)(=O)c1ccc(C)cc1. The van der Waals surface area contributed by atoms with Crippen LogP contribution in [0.5, 0.6) is 0 Å². The Morgan fingerprint density at radius 2 is 1.79 bits per heavy atom. The lowest BCUT2D eigenvalue weighted by molar-refractivity contribution is -0.115. The molecule has 0 aliphatic carbocycles. The van der Waals surface area contributed by atoms with Crippen molar-refractivity contribution in [3.05, 3.63) is 58.1 Å². The van der Waals surface area contributed by atoms with Gasteiger partial charge in [-0.3, -0.25) is 4.79 Å². The molecule has 1 N–H and O–H groups in total. The van der Waals surface area contributed by atoms with Crippen molar-refractivity contribution in [1.82, 2.24) is 0 Å². The molecular weight excluding hydrogens is 446 g/mol. The number of halogens is 1. The molecule has 2 aromatic carbocycles. The number of sulfone groups is 1. The Morgan fingerprint density at radius 1 is 1.11 bits per heavy atom. The van der Waals surface area contributed by atoms with Gasteiger partial charge in [0.15, 0.2) is 9.84 Å². The maximum absolute atomic E-state index is 12.4. The van der Waals surface area contributed by atoms with Gasteiger partial charge in [-0.25, -0.2) is 13.2 Å². The first-order valence-electron chi connectivity index (χ1n) is 8.79. The van der Waals surface area contributed by atoms with E-state index in [-0.39, 0.29) is 34.9 Å². The molecule has 8 heteroatoms. The third-order valence-corrected chi connectivity index (χ3v) is 6.12. The molecule has 0 atom stereocenters. The predicted octanol–water partition coefficient (Wildman–Crippen LogP) is 4.13. The molecule has 0 fully saturated rings. The van der Waals surface area contributed by atoms with E-state index in [2.05, 4.69) is 21.2 Å². The molecule has 0 saturated carbocycles. The summed E-state index contributed by atoms with van der Waals surface area (Å²) in [7, 11) is -3.57. The monoisotopic (exact) mass is 467 g/mol. The lowest BCUT2D eigenvalue weighted by Crippen LogP contribution is -2.19. The fourth-order valence-electron chi connectivity index (χ4n) is 2.37. The molecule has 28 heavy (non-hydrogen) atoms. The Balaban J connectivity index is 2.06. The molecule has 0 saturated heterocycles. The molecule has 150 valence electrons. The maximum atomic E-state index is 12.4. The predicted molar refractivity (Wildman–Crippen MR) is 111 cm³/mol. The van der Waals surface area contributed by atoms with Crippen LogP contribution in [0, 0.1) is 6.92 Å². The van der Waals surface area contributed by atoms with Crippen molar-refractivity contribution in [2.24, 2.45) is 0 Å². The summed E-state index contributed by atoms with van der Waals surface area (Å²) in [6, 6.07) is 11.3. The fraction of sp³-hybridized carbons (Fsp3) is 0.300. The van der Waals surface area contributed by atoms with E-state index in [1.165, 1.54) is 12.1 Å². The summed E-state index contributed by atoms with van der Waals surface area (Å²) in [5, 5.41) is 2.60. The number of hydrogen-bond donors (Lipinski definition) is 1. The van der Waals surface area contributed by atoms with Gasteiger partial charge < -0.3 is 10.1 Å². The van der Waals surface area contributed by atoms with Crippen LogP contribution in [0.2, 0.25) is 0 Å². The van der Waals surface area contributed by atoms with Crippen molar-refractivity contribution in [1.29, 1.82) is 0 Å². The first-order valence-corrected chi connectivity index (χ1v) is 11.2. The summed E-state index contributed by atoms with van der Waals surface area (Å²) in [6.45, 7) is 4.02. The van der Waals surface area contributed by atoms with E-state index in [0.29, 0.717) is 10.9 Å². The van der Waals surface area contributed by atoms with Crippen molar-refractivity contribution in [2.75, 3.05) is 17.7 Å². The number of esters is 1. The number of hydrogen-bond acceptors (Lipinski definition) is 5. The van der Waals surface area contributed by atoms with Gasteiger partial charge in [0.25, 0.3) is 0 Å². The summed E-state index contributed by atoms with van der Waals surface area (Å²) in [5.74, 6) is -1.37. The van der Waals surface area contributed by atoms with E-state index in [9.17, 15) is 18.0 Å². The number of anilines is 1. The molecule has 0 aliphatic rings. The van der Waals surface area contributed by atoms with Crippen molar-refractivity contribution in [2.45, 2.75) is 31.6 Å². The summed E-state index contributed by atoms with van der Waals surface area (Å²) in [4.78, 5) is 24.7. The summed E-state index contributed by atoms with van der Waals surface area (Å²) >= 11 is 3.29. The van der Waals surface area contributed by atoms with Gasteiger partial charge in [0.05, 0.1) is 28.5 Å². The molecule has 0 aliphatic heterocycles. The van der Waals surface area contributed by atoms with Crippen LogP contribution in [0.15, 0.2) is 51.8 Å². The number of aryl methyl sites for hydroxylation is 1. The third kappa shape index (κ3) is 6.17. The van der Waals surface area contributed by atoms with Crippen LogP contribution in [0.3, 0.4) is 0 Å². The summed E-state index contributed by atoms with van der Waals surface area (Å²) < 4.78 is 30.5. The number of benzene rings is 2. The van der Waals surface area contributed by atoms with Gasteiger partial charge >= 0.3 is 5.97 Å². The van der Waals surface area contributed by atoms with Gasteiger partial charge in [0.2, 0.25) is 5.91 Å². The van der Waals surface area contributed by atoms with Crippen LogP contribution in [0.25, 0.3) is 0 Å². The lowest BCUT2D eigenvalue weighted by atomic mass is 10.1. The highest BCUT2D eigenvalue weighted by Crippen LogP contribution is 2.23. The van der Waals surface area contributed by atoms with E-state index < -0.39 is 21.7 Å². The average Bonchev–Trinajstić information content (AvgIpc) is 2.66. The average molecular weight is 468 g/mol. The molecule has 2 rings (SSSR count). The zero-order chi connectivity index (χ0) is 20.7. The van der Waals surface area contributed by atoms with Gasteiger partial charge in [-0.15, -0.1) is 0 Å². The first kappa shape index (κ1) is 22.1. The van der Waals surface area contributed by atoms with Crippen LogP contribution in [-0.2, 0) is 19.4 Å². The highest BCUT2D eigenvalue weighted by atomic mass is 79.9. The van der Waals surface area contributed by atoms with Crippen molar-refractivity contribution >= 4 is 43.3 Å². The van der Waals surface area contributed by atoms with Crippen molar-refractivity contribution in [3.63, 3.8) is 0 Å². The molecule has 1 amide bonds. The zero-order valence-corrected chi connectivity index (χ0v) is 18.1. The molecule has 0 radical (unpaired) electrons. The minimum atomic E-state index is -3.57. The number of rotatable bonds is 8. The van der Waals surface area contributed by atoms with E-state index in [1.54, 1.807) is 30.3 Å². The quantitative estimate of drug-likeness (QED) is 0.589. The second-order valence-corrected chi connectivity index (χ2v) is 9.28. The highest BCUT2D eigenvalue weighted by Gasteiger charge is 2.19. The molecule has 0 unspecified atom stereocenters. The largest absolute Gasteiger partial charge is 0.462 e. The molecule has 0 aromatic heterocycles. The van der Waals surface area contributed by atoms with E-state index in [1.807, 2.05) is 13.8 Å². The fourth-order valence-corrected chi connectivity index (χ4v) is 3.97. The molecule has 0 spiro atoms. The maximum Gasteiger partial charge on any atom is 0.340 e. The Morgan fingerprint density at radius 3 is 2.43 bits per heavy atom. The van der Waals surface area contributed by atoms with Crippen molar-refractivity contribution in [3.8, 4) is 0 Å². The molecule has 0 bridgehead atoms. The number of nitrogens with one attached hydrogen (secondary N) is 1. The van der Waals surface area contributed by atoms with Gasteiger partial charge in [-0.1, -0.05) is 40.5 Å². The summed E-state index contributed by atoms with van der Waals surface area (Å²) in [5.41, 5.74) is 1.44. The van der Waals surface area contributed by atoms with Crippen LogP contribution < -0.4 is 5.32 Å². The Kier molecular flexibility index (Phi) is 7.77.